The maximum Gasteiger partial charge on any atom is 0.270 e. The van der Waals surface area contributed by atoms with E-state index in [4.69, 9.17) is 0 Å². The van der Waals surface area contributed by atoms with Crippen LogP contribution in [-0.4, -0.2) is 65.3 Å². The number of para-hydroxylation sites is 1. The molecular formula is C32H37N5O4. The summed E-state index contributed by atoms with van der Waals surface area (Å²) in [6.45, 7) is 3.18. The molecule has 0 fully saturated rings. The van der Waals surface area contributed by atoms with Crippen molar-refractivity contribution >= 4 is 34.1 Å². The molecule has 0 aliphatic rings. The van der Waals surface area contributed by atoms with E-state index in [2.05, 4.69) is 11.1 Å². The van der Waals surface area contributed by atoms with Crippen molar-refractivity contribution in [1.82, 2.24) is 14.8 Å². The Bertz CT molecular complexity index is 1500. The third-order valence-corrected chi connectivity index (χ3v) is 7.20. The van der Waals surface area contributed by atoms with E-state index in [1.807, 2.05) is 74.6 Å². The lowest BCUT2D eigenvalue weighted by molar-refractivity contribution is -0.384. The Hall–Kier alpha value is -4.66. The number of hydrogen-bond donors (Lipinski definition) is 1. The molecule has 0 bridgehead atoms. The minimum atomic E-state index is -0.521. The number of nitrogens with zero attached hydrogens (tertiary/aromatic N) is 4. The predicted molar refractivity (Wildman–Crippen MR) is 162 cm³/mol. The van der Waals surface area contributed by atoms with Crippen molar-refractivity contribution in [1.29, 1.82) is 0 Å². The number of nitro groups is 1. The van der Waals surface area contributed by atoms with Crippen LogP contribution in [0.25, 0.3) is 10.9 Å². The minimum absolute atomic E-state index is 0.106. The van der Waals surface area contributed by atoms with Gasteiger partial charge in [0, 0.05) is 74.2 Å². The summed E-state index contributed by atoms with van der Waals surface area (Å²) in [7, 11) is 3.96. The van der Waals surface area contributed by atoms with Gasteiger partial charge in [-0.1, -0.05) is 49.7 Å². The van der Waals surface area contributed by atoms with Gasteiger partial charge in [0.15, 0.2) is 0 Å². The van der Waals surface area contributed by atoms with E-state index in [9.17, 15) is 19.7 Å². The van der Waals surface area contributed by atoms with E-state index in [0.29, 0.717) is 26.1 Å². The molecule has 0 atom stereocenters. The van der Waals surface area contributed by atoms with Gasteiger partial charge < -0.3 is 19.7 Å². The molecule has 0 spiro atoms. The number of H-pyrrole nitrogens is 1. The second-order valence-electron chi connectivity index (χ2n) is 10.4. The van der Waals surface area contributed by atoms with Crippen molar-refractivity contribution in [2.45, 2.75) is 32.7 Å². The van der Waals surface area contributed by atoms with Gasteiger partial charge in [0.25, 0.3) is 11.6 Å². The topological polar surface area (TPSA) is 103 Å². The van der Waals surface area contributed by atoms with Gasteiger partial charge in [-0.25, -0.2) is 0 Å². The maximum atomic E-state index is 13.8. The van der Waals surface area contributed by atoms with Crippen molar-refractivity contribution in [2.24, 2.45) is 0 Å². The number of nitro benzene ring substituents is 1. The lowest BCUT2D eigenvalue weighted by atomic mass is 10.1. The van der Waals surface area contributed by atoms with E-state index in [1.165, 1.54) is 23.1 Å². The molecule has 9 nitrogen and oxygen atoms in total. The highest BCUT2D eigenvalue weighted by Crippen LogP contribution is 2.20. The molecule has 3 aromatic carbocycles. The van der Waals surface area contributed by atoms with Gasteiger partial charge in [-0.15, -0.1) is 0 Å². The van der Waals surface area contributed by atoms with Gasteiger partial charge >= 0.3 is 0 Å². The summed E-state index contributed by atoms with van der Waals surface area (Å²) in [5.74, 6) is -0.557. The molecule has 9 heteroatoms. The first-order valence-electron chi connectivity index (χ1n) is 13.9. The zero-order valence-corrected chi connectivity index (χ0v) is 23.9. The molecule has 0 radical (unpaired) electrons. The van der Waals surface area contributed by atoms with E-state index >= 15 is 0 Å². The molecule has 0 aliphatic carbocycles. The Labute approximate surface area is 240 Å². The van der Waals surface area contributed by atoms with Crippen LogP contribution in [0.3, 0.4) is 0 Å². The number of unbranched alkanes of at least 4 members (excludes halogenated alkanes) is 1. The monoisotopic (exact) mass is 555 g/mol. The first-order valence-corrected chi connectivity index (χ1v) is 13.9. The molecule has 1 N–H and O–H groups in total. The number of nitrogens with one attached hydrogen (secondary N) is 1. The summed E-state index contributed by atoms with van der Waals surface area (Å²) in [6, 6.07) is 21.8. The summed E-state index contributed by atoms with van der Waals surface area (Å²) in [5.41, 5.74) is 4.28. The van der Waals surface area contributed by atoms with Crippen LogP contribution in [0.15, 0.2) is 79.0 Å². The van der Waals surface area contributed by atoms with Gasteiger partial charge in [-0.2, -0.15) is 0 Å². The highest BCUT2D eigenvalue weighted by molar-refractivity contribution is 5.97. The van der Waals surface area contributed by atoms with Gasteiger partial charge in [-0.3, -0.25) is 19.7 Å². The van der Waals surface area contributed by atoms with Crippen LogP contribution in [0.4, 0.5) is 11.4 Å². The number of fused-ring (bicyclic) bond motifs is 1. The van der Waals surface area contributed by atoms with Gasteiger partial charge in [0.05, 0.1) is 4.92 Å². The molecular weight excluding hydrogens is 518 g/mol. The Morgan fingerprint density at radius 2 is 1.68 bits per heavy atom. The number of hydrogen-bond acceptors (Lipinski definition) is 5. The summed E-state index contributed by atoms with van der Waals surface area (Å²) >= 11 is 0. The first kappa shape index (κ1) is 29.3. The number of aromatic amines is 1. The summed E-state index contributed by atoms with van der Waals surface area (Å²) in [6.07, 6.45) is 4.20. The fourth-order valence-corrected chi connectivity index (χ4v) is 4.81. The summed E-state index contributed by atoms with van der Waals surface area (Å²) in [5, 5.41) is 12.4. The normalized spacial score (nSPS) is 10.9. The van der Waals surface area contributed by atoms with E-state index in [1.54, 1.807) is 11.0 Å². The lowest BCUT2D eigenvalue weighted by Gasteiger charge is -2.28. The standard InChI is InChI=1S/C32H37N5O4/c1-4-5-18-36(32(39)25-9-8-10-28(20-25)37(40)41)23-31(38)35(22-24-13-15-27(16-14-24)34(2)3)19-17-26-21-33-30-12-7-6-11-29(26)30/h6-16,20-21,33H,4-5,17-19,22-23H2,1-3H3. The zero-order chi connectivity index (χ0) is 29.4. The molecule has 0 unspecified atom stereocenters. The van der Waals surface area contributed by atoms with Gasteiger partial charge in [-0.05, 0) is 48.2 Å². The molecule has 41 heavy (non-hydrogen) atoms. The minimum Gasteiger partial charge on any atom is -0.378 e. The Morgan fingerprint density at radius 3 is 2.39 bits per heavy atom. The largest absolute Gasteiger partial charge is 0.378 e. The lowest BCUT2D eigenvalue weighted by Crippen LogP contribution is -2.43. The van der Waals surface area contributed by atoms with Crippen LogP contribution in [0.5, 0.6) is 0 Å². The molecule has 4 aromatic rings. The molecule has 1 heterocycles. The Balaban J connectivity index is 1.57. The number of carbonyl (C=O) groups excluding carboxylic acids is 2. The fourth-order valence-electron chi connectivity index (χ4n) is 4.81. The second kappa shape index (κ2) is 13.6. The van der Waals surface area contributed by atoms with E-state index < -0.39 is 4.92 Å². The van der Waals surface area contributed by atoms with Crippen molar-refractivity contribution in [3.05, 3.63) is 106 Å². The molecule has 4 rings (SSSR count). The first-order chi connectivity index (χ1) is 19.8. The van der Waals surface area contributed by atoms with Crippen LogP contribution in [0, 0.1) is 10.1 Å². The van der Waals surface area contributed by atoms with Gasteiger partial charge in [0.1, 0.15) is 6.54 Å². The van der Waals surface area contributed by atoms with Crippen molar-refractivity contribution < 1.29 is 14.5 Å². The van der Waals surface area contributed by atoms with Crippen molar-refractivity contribution in [3.63, 3.8) is 0 Å². The average molecular weight is 556 g/mol. The van der Waals surface area contributed by atoms with Crippen LogP contribution >= 0.6 is 0 Å². The smallest absolute Gasteiger partial charge is 0.270 e. The Morgan fingerprint density at radius 1 is 0.927 bits per heavy atom. The maximum absolute atomic E-state index is 13.8. The number of benzene rings is 3. The molecule has 0 aliphatic heterocycles. The SMILES string of the molecule is CCCCN(CC(=O)N(CCc1c[nH]c2ccccc12)Cc1ccc(N(C)C)cc1)C(=O)c1cccc([N+](=O)[O-])c1. The second-order valence-corrected chi connectivity index (χ2v) is 10.4. The van der Waals surface area contributed by atoms with E-state index in [-0.39, 0.29) is 29.6 Å². The van der Waals surface area contributed by atoms with Crippen LogP contribution in [-0.2, 0) is 17.8 Å². The van der Waals surface area contributed by atoms with Crippen LogP contribution in [0.1, 0.15) is 41.3 Å². The molecule has 0 saturated heterocycles. The van der Waals surface area contributed by atoms with Crippen LogP contribution in [0.2, 0.25) is 0 Å². The highest BCUT2D eigenvalue weighted by Gasteiger charge is 2.24. The third kappa shape index (κ3) is 7.51. The predicted octanol–water partition coefficient (Wildman–Crippen LogP) is 5.66. The zero-order valence-electron chi connectivity index (χ0n) is 23.9. The number of carbonyl (C=O) groups is 2. The quantitative estimate of drug-likeness (QED) is 0.170. The number of anilines is 1. The molecule has 0 saturated carbocycles. The number of amides is 2. The summed E-state index contributed by atoms with van der Waals surface area (Å²) < 4.78 is 0. The average Bonchev–Trinajstić information content (AvgIpc) is 3.40. The molecule has 214 valence electrons. The van der Waals surface area contributed by atoms with Crippen LogP contribution < -0.4 is 4.90 Å². The van der Waals surface area contributed by atoms with E-state index in [0.717, 1.165) is 40.6 Å². The number of aromatic nitrogens is 1. The summed E-state index contributed by atoms with van der Waals surface area (Å²) in [4.78, 5) is 46.7. The molecule has 1 aromatic heterocycles. The van der Waals surface area contributed by atoms with Crippen molar-refractivity contribution in [3.8, 4) is 0 Å². The molecule has 2 amide bonds. The number of non-ortho nitro benzene ring substituents is 1. The highest BCUT2D eigenvalue weighted by atomic mass is 16.6. The van der Waals surface area contributed by atoms with Gasteiger partial charge in [0.2, 0.25) is 5.91 Å². The third-order valence-electron chi connectivity index (χ3n) is 7.20. The number of rotatable bonds is 13. The fraction of sp³-hybridized carbons (Fsp3) is 0.312. The van der Waals surface area contributed by atoms with Crippen molar-refractivity contribution in [2.75, 3.05) is 38.6 Å². The Kier molecular flexibility index (Phi) is 9.73.